The number of nitrogens with zero attached hydrogens (tertiary/aromatic N) is 3. The van der Waals surface area contributed by atoms with Crippen LogP contribution >= 0.6 is 11.6 Å². The number of amides is 1. The first-order chi connectivity index (χ1) is 15.9. The summed E-state index contributed by atoms with van der Waals surface area (Å²) < 4.78 is 12.8. The van der Waals surface area contributed by atoms with Gasteiger partial charge in [-0.15, -0.1) is 0 Å². The van der Waals surface area contributed by atoms with Crippen LogP contribution in [0.15, 0.2) is 71.4 Å². The molecule has 0 aliphatic heterocycles. The van der Waals surface area contributed by atoms with Crippen molar-refractivity contribution < 1.29 is 18.9 Å². The van der Waals surface area contributed by atoms with Gasteiger partial charge in [-0.3, -0.25) is 19.6 Å². The molecular weight excluding hydrogens is 448 g/mol. The zero-order valence-corrected chi connectivity index (χ0v) is 18.3. The number of aryl methyl sites for hydroxylation is 1. The van der Waals surface area contributed by atoms with E-state index in [0.29, 0.717) is 18.0 Å². The zero-order chi connectivity index (χ0) is 23.4. The third kappa shape index (κ3) is 5.39. The van der Waals surface area contributed by atoms with E-state index in [2.05, 4.69) is 10.4 Å². The molecule has 1 N–H and O–H groups in total. The molecule has 1 amide bonds. The highest BCUT2D eigenvalue weighted by Gasteiger charge is 2.15. The highest BCUT2D eigenvalue weighted by atomic mass is 35.5. The van der Waals surface area contributed by atoms with Gasteiger partial charge < -0.3 is 14.5 Å². The predicted octanol–water partition coefficient (Wildman–Crippen LogP) is 5.23. The Morgan fingerprint density at radius 1 is 1.24 bits per heavy atom. The van der Waals surface area contributed by atoms with Gasteiger partial charge in [-0.25, -0.2) is 0 Å². The second kappa shape index (κ2) is 9.58. The Morgan fingerprint density at radius 2 is 2.06 bits per heavy atom. The molecule has 168 valence electrons. The normalized spacial score (nSPS) is 10.7. The van der Waals surface area contributed by atoms with Crippen molar-refractivity contribution >= 4 is 28.9 Å². The fourth-order valence-electron chi connectivity index (χ4n) is 3.11. The lowest BCUT2D eigenvalue weighted by Gasteiger charge is -2.06. The molecule has 2 heterocycles. The maximum absolute atomic E-state index is 12.5. The van der Waals surface area contributed by atoms with E-state index >= 15 is 0 Å². The van der Waals surface area contributed by atoms with Crippen LogP contribution in [-0.2, 0) is 13.2 Å². The molecule has 0 aliphatic rings. The van der Waals surface area contributed by atoms with Gasteiger partial charge in [0, 0.05) is 12.3 Å². The fourth-order valence-corrected chi connectivity index (χ4v) is 3.28. The van der Waals surface area contributed by atoms with Crippen molar-refractivity contribution in [3.8, 4) is 5.75 Å². The monoisotopic (exact) mass is 466 g/mol. The van der Waals surface area contributed by atoms with Crippen LogP contribution in [0.1, 0.15) is 27.4 Å². The minimum atomic E-state index is -0.540. The van der Waals surface area contributed by atoms with Gasteiger partial charge in [0.2, 0.25) is 0 Å². The molecule has 2 aromatic heterocycles. The minimum Gasteiger partial charge on any atom is -0.484 e. The number of anilines is 1. The van der Waals surface area contributed by atoms with Gasteiger partial charge in [-0.2, -0.15) is 5.10 Å². The Balaban J connectivity index is 1.36. The predicted molar refractivity (Wildman–Crippen MR) is 122 cm³/mol. The lowest BCUT2D eigenvalue weighted by molar-refractivity contribution is -0.384. The molecule has 9 nitrogen and oxygen atoms in total. The Hall–Kier alpha value is -4.11. The van der Waals surface area contributed by atoms with E-state index in [0.717, 1.165) is 11.1 Å². The smallest absolute Gasteiger partial charge is 0.291 e. The van der Waals surface area contributed by atoms with Gasteiger partial charge in [-0.05, 0) is 36.2 Å². The molecule has 0 radical (unpaired) electrons. The van der Waals surface area contributed by atoms with Crippen LogP contribution in [-0.4, -0.2) is 20.6 Å². The van der Waals surface area contributed by atoms with E-state index in [-0.39, 0.29) is 28.8 Å². The van der Waals surface area contributed by atoms with Crippen LogP contribution in [0.3, 0.4) is 0 Å². The summed E-state index contributed by atoms with van der Waals surface area (Å²) in [6, 6.07) is 15.0. The standard InChI is InChI=1S/C23H19ClN4O5/c1-15-4-2-3-5-16(15)12-27-13-17(11-25-27)26-23(29)21-9-7-19(33-21)14-32-22-10-18(28(30)31)6-8-20(22)24/h2-11,13H,12,14H2,1H3,(H,26,29). The van der Waals surface area contributed by atoms with E-state index in [9.17, 15) is 14.9 Å². The molecule has 2 aromatic carbocycles. The number of rotatable bonds is 8. The summed E-state index contributed by atoms with van der Waals surface area (Å²) >= 11 is 6.02. The molecule has 0 unspecified atom stereocenters. The van der Waals surface area contributed by atoms with Crippen LogP contribution in [0.5, 0.6) is 5.75 Å². The van der Waals surface area contributed by atoms with E-state index < -0.39 is 10.8 Å². The quantitative estimate of drug-likeness (QED) is 0.281. The zero-order valence-electron chi connectivity index (χ0n) is 17.5. The average Bonchev–Trinajstić information content (AvgIpc) is 3.44. The number of halogens is 1. The summed E-state index contributed by atoms with van der Waals surface area (Å²) in [6.07, 6.45) is 3.30. The summed E-state index contributed by atoms with van der Waals surface area (Å²) in [6.45, 7) is 2.57. The van der Waals surface area contributed by atoms with Crippen LogP contribution in [0.2, 0.25) is 5.02 Å². The lowest BCUT2D eigenvalue weighted by atomic mass is 10.1. The van der Waals surface area contributed by atoms with Gasteiger partial charge in [0.15, 0.2) is 5.76 Å². The number of carbonyl (C=O) groups is 1. The molecule has 0 fully saturated rings. The topological polar surface area (TPSA) is 112 Å². The van der Waals surface area contributed by atoms with Crippen molar-refractivity contribution in [2.24, 2.45) is 0 Å². The largest absolute Gasteiger partial charge is 0.484 e. The van der Waals surface area contributed by atoms with Crippen LogP contribution in [0.25, 0.3) is 0 Å². The number of nitro groups is 1. The summed E-state index contributed by atoms with van der Waals surface area (Å²) in [4.78, 5) is 22.9. The number of ether oxygens (including phenoxy) is 1. The molecule has 4 rings (SSSR count). The molecule has 0 saturated carbocycles. The number of nitro benzene ring substituents is 1. The number of furan rings is 1. The molecule has 0 bridgehead atoms. The number of hydrogen-bond acceptors (Lipinski definition) is 6. The van der Waals surface area contributed by atoms with Gasteiger partial charge in [-0.1, -0.05) is 35.9 Å². The maximum atomic E-state index is 12.5. The van der Waals surface area contributed by atoms with E-state index in [1.807, 2.05) is 31.2 Å². The minimum absolute atomic E-state index is 0.0530. The van der Waals surface area contributed by atoms with Gasteiger partial charge in [0.1, 0.15) is 18.1 Å². The molecular formula is C23H19ClN4O5. The average molecular weight is 467 g/mol. The third-order valence-corrected chi connectivity index (χ3v) is 5.18. The van der Waals surface area contributed by atoms with Crippen molar-refractivity contribution in [1.29, 1.82) is 0 Å². The van der Waals surface area contributed by atoms with Crippen molar-refractivity contribution in [3.63, 3.8) is 0 Å². The second-order valence-corrected chi connectivity index (χ2v) is 7.64. The first-order valence-electron chi connectivity index (χ1n) is 9.93. The Labute approximate surface area is 193 Å². The van der Waals surface area contributed by atoms with Crippen LogP contribution in [0.4, 0.5) is 11.4 Å². The van der Waals surface area contributed by atoms with Gasteiger partial charge >= 0.3 is 0 Å². The summed E-state index contributed by atoms with van der Waals surface area (Å²) in [5, 5.41) is 18.2. The molecule has 4 aromatic rings. The number of non-ortho nitro benzene ring substituents is 1. The molecule has 0 atom stereocenters. The number of nitrogens with one attached hydrogen (secondary N) is 1. The SMILES string of the molecule is Cc1ccccc1Cn1cc(NC(=O)c2ccc(COc3cc([N+](=O)[O-])ccc3Cl)o2)cn1. The van der Waals surface area contributed by atoms with E-state index in [1.165, 1.54) is 24.3 Å². The van der Waals surface area contributed by atoms with Crippen LogP contribution in [0, 0.1) is 17.0 Å². The summed E-state index contributed by atoms with van der Waals surface area (Å²) in [5.41, 5.74) is 2.69. The van der Waals surface area contributed by atoms with Gasteiger partial charge in [0.25, 0.3) is 11.6 Å². The number of carbonyl (C=O) groups excluding carboxylic acids is 1. The highest BCUT2D eigenvalue weighted by molar-refractivity contribution is 6.32. The fraction of sp³-hybridized carbons (Fsp3) is 0.130. The van der Waals surface area contributed by atoms with Crippen LogP contribution < -0.4 is 10.1 Å². The van der Waals surface area contributed by atoms with E-state index in [1.54, 1.807) is 23.1 Å². The summed E-state index contributed by atoms with van der Waals surface area (Å²) in [5.74, 6) is 0.155. The van der Waals surface area contributed by atoms with Crippen molar-refractivity contribution in [3.05, 3.63) is 105 Å². The third-order valence-electron chi connectivity index (χ3n) is 4.87. The highest BCUT2D eigenvalue weighted by Crippen LogP contribution is 2.29. The molecule has 33 heavy (non-hydrogen) atoms. The Bertz CT molecular complexity index is 1310. The number of aromatic nitrogens is 2. The first-order valence-corrected chi connectivity index (χ1v) is 10.3. The van der Waals surface area contributed by atoms with E-state index in [4.69, 9.17) is 20.8 Å². The molecule has 10 heteroatoms. The number of benzene rings is 2. The van der Waals surface area contributed by atoms with Crippen molar-refractivity contribution in [1.82, 2.24) is 9.78 Å². The second-order valence-electron chi connectivity index (χ2n) is 7.23. The van der Waals surface area contributed by atoms with Crippen molar-refractivity contribution in [2.75, 3.05) is 5.32 Å². The molecule has 0 spiro atoms. The Kier molecular flexibility index (Phi) is 6.41. The van der Waals surface area contributed by atoms with Crippen molar-refractivity contribution in [2.45, 2.75) is 20.1 Å². The van der Waals surface area contributed by atoms with Gasteiger partial charge in [0.05, 0.1) is 34.4 Å². The number of hydrogen-bond donors (Lipinski definition) is 1. The Morgan fingerprint density at radius 3 is 2.85 bits per heavy atom. The first kappa shape index (κ1) is 22.1. The molecule has 0 saturated heterocycles. The maximum Gasteiger partial charge on any atom is 0.291 e. The lowest BCUT2D eigenvalue weighted by Crippen LogP contribution is -2.10. The molecule has 0 aliphatic carbocycles. The summed E-state index contributed by atoms with van der Waals surface area (Å²) in [7, 11) is 0.